The van der Waals surface area contributed by atoms with Crippen molar-refractivity contribution >= 4 is 11.9 Å². The molecule has 2 saturated heterocycles. The summed E-state index contributed by atoms with van der Waals surface area (Å²) in [5, 5.41) is 11.0. The van der Waals surface area contributed by atoms with Gasteiger partial charge in [0.1, 0.15) is 5.60 Å². The maximum absolute atomic E-state index is 12.0. The monoisotopic (exact) mass is 243 g/mol. The molecular formula is C11H17NO5. The van der Waals surface area contributed by atoms with Gasteiger partial charge in [0, 0.05) is 13.0 Å². The number of epoxide rings is 1. The average molecular weight is 243 g/mol. The number of rotatable bonds is 5. The van der Waals surface area contributed by atoms with Gasteiger partial charge in [-0.25, -0.2) is 4.79 Å². The van der Waals surface area contributed by atoms with E-state index in [1.807, 2.05) is 0 Å². The van der Waals surface area contributed by atoms with Crippen molar-refractivity contribution in [3.05, 3.63) is 0 Å². The quantitative estimate of drug-likeness (QED) is 0.688. The molecule has 2 aliphatic rings. The van der Waals surface area contributed by atoms with E-state index in [-0.39, 0.29) is 11.9 Å². The molecule has 0 radical (unpaired) electrons. The van der Waals surface area contributed by atoms with Crippen molar-refractivity contribution in [3.63, 3.8) is 0 Å². The fourth-order valence-corrected chi connectivity index (χ4v) is 2.09. The smallest absolute Gasteiger partial charge is 0.405 e. The van der Waals surface area contributed by atoms with Crippen molar-refractivity contribution in [3.8, 4) is 0 Å². The second kappa shape index (κ2) is 4.62. The second-order valence-corrected chi connectivity index (χ2v) is 4.76. The maximum Gasteiger partial charge on any atom is 0.405 e. The largest absolute Gasteiger partial charge is 0.465 e. The lowest BCUT2D eigenvalue weighted by Gasteiger charge is -2.20. The summed E-state index contributed by atoms with van der Waals surface area (Å²) in [5.74, 6) is -0.199. The summed E-state index contributed by atoms with van der Waals surface area (Å²) >= 11 is 0. The number of Topliss-reactive ketones (excluding diaryl/α,β-unsaturated/α-hetero) is 1. The fourth-order valence-electron chi connectivity index (χ4n) is 2.09. The highest BCUT2D eigenvalue weighted by Gasteiger charge is 2.50. The van der Waals surface area contributed by atoms with Crippen molar-refractivity contribution in [2.45, 2.75) is 43.9 Å². The standard InChI is InChI=1S/C11H17NO5/c1-11(6-17-11)9(13)8(12-10(14)15)5-7-3-2-4-16-7/h7-8,12H,2-6H2,1H3,(H,14,15)/t7-,8-,11+/m0/s1. The van der Waals surface area contributed by atoms with Crippen molar-refractivity contribution in [1.82, 2.24) is 5.32 Å². The molecule has 0 saturated carbocycles. The van der Waals surface area contributed by atoms with E-state index in [0.717, 1.165) is 12.8 Å². The van der Waals surface area contributed by atoms with Crippen LogP contribution in [0.1, 0.15) is 26.2 Å². The number of carboxylic acid groups (broad SMARTS) is 1. The van der Waals surface area contributed by atoms with Crippen molar-refractivity contribution < 1.29 is 24.2 Å². The Hall–Kier alpha value is -1.14. The van der Waals surface area contributed by atoms with Gasteiger partial charge in [0.15, 0.2) is 5.78 Å². The molecule has 0 aromatic heterocycles. The second-order valence-electron chi connectivity index (χ2n) is 4.76. The Bertz CT molecular complexity index is 320. The molecule has 3 atom stereocenters. The van der Waals surface area contributed by atoms with E-state index in [9.17, 15) is 9.59 Å². The fraction of sp³-hybridized carbons (Fsp3) is 0.818. The van der Waals surface area contributed by atoms with Crippen LogP contribution in [0, 0.1) is 0 Å². The van der Waals surface area contributed by atoms with Crippen LogP contribution < -0.4 is 5.32 Å². The first kappa shape index (κ1) is 12.3. The molecule has 6 nitrogen and oxygen atoms in total. The molecule has 0 bridgehead atoms. The molecular weight excluding hydrogens is 226 g/mol. The number of hydrogen-bond donors (Lipinski definition) is 2. The molecule has 1 amide bonds. The van der Waals surface area contributed by atoms with Gasteiger partial charge < -0.3 is 19.9 Å². The van der Waals surface area contributed by atoms with Crippen LogP contribution in [0.2, 0.25) is 0 Å². The van der Waals surface area contributed by atoms with E-state index in [1.165, 1.54) is 0 Å². The highest BCUT2D eigenvalue weighted by Crippen LogP contribution is 2.30. The Labute approximate surface area is 99.3 Å². The molecule has 0 aromatic carbocycles. The first-order valence-electron chi connectivity index (χ1n) is 5.80. The first-order chi connectivity index (χ1) is 8.01. The van der Waals surface area contributed by atoms with E-state index < -0.39 is 17.7 Å². The summed E-state index contributed by atoms with van der Waals surface area (Å²) in [6.07, 6.45) is 1.02. The van der Waals surface area contributed by atoms with Crippen LogP contribution in [0.25, 0.3) is 0 Å². The average Bonchev–Trinajstić information content (AvgIpc) is 2.80. The van der Waals surface area contributed by atoms with Crippen molar-refractivity contribution in [2.75, 3.05) is 13.2 Å². The number of amides is 1. The molecule has 0 unspecified atom stereocenters. The van der Waals surface area contributed by atoms with Crippen LogP contribution in [0.3, 0.4) is 0 Å². The Balaban J connectivity index is 1.96. The molecule has 2 fully saturated rings. The lowest BCUT2D eigenvalue weighted by Crippen LogP contribution is -2.47. The van der Waals surface area contributed by atoms with E-state index in [4.69, 9.17) is 14.6 Å². The number of carbonyl (C=O) groups is 2. The molecule has 0 aliphatic carbocycles. The summed E-state index contributed by atoms with van der Waals surface area (Å²) in [6, 6.07) is -0.733. The molecule has 96 valence electrons. The van der Waals surface area contributed by atoms with E-state index in [0.29, 0.717) is 19.6 Å². The summed E-state index contributed by atoms with van der Waals surface area (Å²) in [7, 11) is 0. The molecule has 0 spiro atoms. The van der Waals surface area contributed by atoms with E-state index >= 15 is 0 Å². The first-order valence-corrected chi connectivity index (χ1v) is 5.80. The van der Waals surface area contributed by atoms with E-state index in [2.05, 4.69) is 5.32 Å². The lowest BCUT2D eigenvalue weighted by atomic mass is 9.95. The van der Waals surface area contributed by atoms with Crippen LogP contribution in [0.4, 0.5) is 4.79 Å². The summed E-state index contributed by atoms with van der Waals surface area (Å²) < 4.78 is 10.5. The number of carbonyl (C=O) groups excluding carboxylic acids is 1. The summed E-state index contributed by atoms with van der Waals surface area (Å²) in [4.78, 5) is 22.7. The van der Waals surface area contributed by atoms with Crippen LogP contribution in [0.15, 0.2) is 0 Å². The van der Waals surface area contributed by atoms with Gasteiger partial charge in [-0.1, -0.05) is 0 Å². The third kappa shape index (κ3) is 2.95. The molecule has 17 heavy (non-hydrogen) atoms. The topological polar surface area (TPSA) is 88.2 Å². The minimum Gasteiger partial charge on any atom is -0.465 e. The molecule has 6 heteroatoms. The predicted molar refractivity (Wildman–Crippen MR) is 57.9 cm³/mol. The minimum atomic E-state index is -1.19. The van der Waals surface area contributed by atoms with E-state index in [1.54, 1.807) is 6.92 Å². The number of ether oxygens (including phenoxy) is 2. The molecule has 2 heterocycles. The van der Waals surface area contributed by atoms with Gasteiger partial charge in [0.2, 0.25) is 0 Å². The van der Waals surface area contributed by atoms with Gasteiger partial charge in [-0.2, -0.15) is 0 Å². The van der Waals surface area contributed by atoms with Crippen LogP contribution >= 0.6 is 0 Å². The normalized spacial score (nSPS) is 33.1. The summed E-state index contributed by atoms with van der Waals surface area (Å²) in [5.41, 5.74) is -0.800. The third-order valence-corrected chi connectivity index (χ3v) is 3.24. The highest BCUT2D eigenvalue weighted by atomic mass is 16.6. The molecule has 2 N–H and O–H groups in total. The van der Waals surface area contributed by atoms with Crippen molar-refractivity contribution in [1.29, 1.82) is 0 Å². The number of ketones is 1. The van der Waals surface area contributed by atoms with Crippen LogP contribution in [-0.2, 0) is 14.3 Å². The predicted octanol–water partition coefficient (Wildman–Crippen LogP) is 0.550. The number of nitrogens with one attached hydrogen (secondary N) is 1. The van der Waals surface area contributed by atoms with Gasteiger partial charge >= 0.3 is 6.09 Å². The Morgan fingerprint density at radius 2 is 2.29 bits per heavy atom. The zero-order chi connectivity index (χ0) is 12.5. The SMILES string of the molecule is C[C@]1(C(=O)[C@H](C[C@@H]2CCCO2)NC(=O)O)CO1. The van der Waals surface area contributed by atoms with Crippen LogP contribution in [-0.4, -0.2) is 47.9 Å². The Morgan fingerprint density at radius 3 is 2.76 bits per heavy atom. The zero-order valence-corrected chi connectivity index (χ0v) is 9.77. The molecule has 2 rings (SSSR count). The van der Waals surface area contributed by atoms with Crippen LogP contribution in [0.5, 0.6) is 0 Å². The van der Waals surface area contributed by atoms with Gasteiger partial charge in [0.05, 0.1) is 18.8 Å². The third-order valence-electron chi connectivity index (χ3n) is 3.24. The lowest BCUT2D eigenvalue weighted by molar-refractivity contribution is -0.126. The number of hydrogen-bond acceptors (Lipinski definition) is 4. The molecule has 2 aliphatic heterocycles. The van der Waals surface area contributed by atoms with Crippen molar-refractivity contribution in [2.24, 2.45) is 0 Å². The van der Waals surface area contributed by atoms with Gasteiger partial charge in [-0.05, 0) is 19.8 Å². The van der Waals surface area contributed by atoms with Gasteiger partial charge in [0.25, 0.3) is 0 Å². The summed E-state index contributed by atoms with van der Waals surface area (Å²) in [6.45, 7) is 2.74. The zero-order valence-electron chi connectivity index (χ0n) is 9.77. The van der Waals surface area contributed by atoms with Gasteiger partial charge in [-0.15, -0.1) is 0 Å². The maximum atomic E-state index is 12.0. The minimum absolute atomic E-state index is 0.0295. The van der Waals surface area contributed by atoms with Gasteiger partial charge in [-0.3, -0.25) is 4.79 Å². The Kier molecular flexibility index (Phi) is 3.35. The molecule has 0 aromatic rings. The Morgan fingerprint density at radius 1 is 1.59 bits per heavy atom. The highest BCUT2D eigenvalue weighted by molar-refractivity contribution is 5.95.